The zero-order chi connectivity index (χ0) is 17.8. The Morgan fingerprint density at radius 2 is 2.20 bits per heavy atom. The molecule has 0 aliphatic carbocycles. The molecule has 3 N–H and O–H groups in total. The van der Waals surface area contributed by atoms with Gasteiger partial charge >= 0.3 is 0 Å². The second-order valence-corrected chi connectivity index (χ2v) is 6.81. The van der Waals surface area contributed by atoms with Crippen molar-refractivity contribution in [3.8, 4) is 5.75 Å². The normalized spacial score (nSPS) is 17.6. The Kier molecular flexibility index (Phi) is 5.26. The first-order valence-electron chi connectivity index (χ1n) is 8.90. The van der Waals surface area contributed by atoms with Crippen LogP contribution in [0.15, 0.2) is 30.3 Å². The number of anilines is 1. The van der Waals surface area contributed by atoms with E-state index in [9.17, 15) is 9.90 Å². The lowest BCUT2D eigenvalue weighted by atomic mass is 9.95. The third kappa shape index (κ3) is 4.32. The summed E-state index contributed by atoms with van der Waals surface area (Å²) in [5.41, 5.74) is 7.83. The Hall–Kier alpha value is -2.50. The largest absolute Gasteiger partial charge is 0.508 e. The molecule has 25 heavy (non-hydrogen) atoms. The van der Waals surface area contributed by atoms with Crippen molar-refractivity contribution < 1.29 is 9.90 Å². The predicted molar refractivity (Wildman–Crippen MR) is 97.2 cm³/mol. The van der Waals surface area contributed by atoms with Crippen molar-refractivity contribution in [3.63, 3.8) is 0 Å². The van der Waals surface area contributed by atoms with Gasteiger partial charge in [0.1, 0.15) is 18.1 Å². The third-order valence-electron chi connectivity index (χ3n) is 4.84. The van der Waals surface area contributed by atoms with Crippen molar-refractivity contribution in [2.45, 2.75) is 51.6 Å². The van der Waals surface area contributed by atoms with E-state index in [0.29, 0.717) is 11.6 Å². The number of piperidine rings is 1. The van der Waals surface area contributed by atoms with E-state index in [1.54, 1.807) is 22.9 Å². The number of rotatable bonds is 5. The number of aromatic nitrogens is 2. The lowest BCUT2D eigenvalue weighted by molar-refractivity contribution is -0.135. The van der Waals surface area contributed by atoms with Crippen LogP contribution in [0.4, 0.5) is 5.82 Å². The number of aryl methyl sites for hydroxylation is 2. The molecule has 1 aromatic heterocycles. The Bertz CT molecular complexity index is 741. The SMILES string of the molecule is Cc1cc(N)n(CC(=O)N2CCCC[C@@H]2CCc2cccc(O)c2)n1. The van der Waals surface area contributed by atoms with E-state index >= 15 is 0 Å². The number of nitrogens with two attached hydrogens (primary N) is 1. The first-order valence-corrected chi connectivity index (χ1v) is 8.90. The summed E-state index contributed by atoms with van der Waals surface area (Å²) in [7, 11) is 0. The van der Waals surface area contributed by atoms with E-state index in [2.05, 4.69) is 5.10 Å². The number of amides is 1. The highest BCUT2D eigenvalue weighted by atomic mass is 16.3. The number of likely N-dealkylation sites (tertiary alicyclic amines) is 1. The van der Waals surface area contributed by atoms with Crippen molar-refractivity contribution in [1.82, 2.24) is 14.7 Å². The molecular weight excluding hydrogens is 316 g/mol. The predicted octanol–water partition coefficient (Wildman–Crippen LogP) is 2.49. The molecule has 0 bridgehead atoms. The molecule has 1 fully saturated rings. The molecule has 0 saturated carbocycles. The van der Waals surface area contributed by atoms with E-state index in [-0.39, 0.29) is 18.5 Å². The van der Waals surface area contributed by atoms with E-state index in [4.69, 9.17) is 5.73 Å². The molecule has 1 aromatic carbocycles. The minimum atomic E-state index is 0.0791. The molecule has 134 valence electrons. The molecule has 0 spiro atoms. The number of hydrogen-bond acceptors (Lipinski definition) is 4. The number of phenols is 1. The summed E-state index contributed by atoms with van der Waals surface area (Å²) in [6.07, 6.45) is 4.98. The minimum Gasteiger partial charge on any atom is -0.508 e. The van der Waals surface area contributed by atoms with Crippen molar-refractivity contribution in [1.29, 1.82) is 0 Å². The van der Waals surface area contributed by atoms with Gasteiger partial charge < -0.3 is 15.7 Å². The topological polar surface area (TPSA) is 84.4 Å². The highest BCUT2D eigenvalue weighted by molar-refractivity contribution is 5.76. The van der Waals surface area contributed by atoms with E-state index in [1.165, 1.54) is 0 Å². The average molecular weight is 342 g/mol. The molecule has 1 aliphatic rings. The van der Waals surface area contributed by atoms with Crippen LogP contribution in [-0.2, 0) is 17.8 Å². The lowest BCUT2D eigenvalue weighted by Gasteiger charge is -2.36. The second kappa shape index (κ2) is 7.59. The van der Waals surface area contributed by atoms with Crippen LogP contribution in [0, 0.1) is 6.92 Å². The van der Waals surface area contributed by atoms with Gasteiger partial charge in [-0.2, -0.15) is 5.10 Å². The van der Waals surface area contributed by atoms with E-state index < -0.39 is 0 Å². The molecule has 2 aromatic rings. The second-order valence-electron chi connectivity index (χ2n) is 6.81. The monoisotopic (exact) mass is 342 g/mol. The molecule has 6 heteroatoms. The molecule has 2 heterocycles. The van der Waals surface area contributed by atoms with Gasteiger partial charge in [-0.1, -0.05) is 12.1 Å². The third-order valence-corrected chi connectivity index (χ3v) is 4.84. The summed E-state index contributed by atoms with van der Waals surface area (Å²) in [6, 6.07) is 9.36. The summed E-state index contributed by atoms with van der Waals surface area (Å²) < 4.78 is 1.58. The number of benzene rings is 1. The molecule has 3 rings (SSSR count). The highest BCUT2D eigenvalue weighted by Crippen LogP contribution is 2.23. The number of nitrogens with zero attached hydrogens (tertiary/aromatic N) is 3. The molecule has 0 radical (unpaired) electrons. The van der Waals surface area contributed by atoms with Gasteiger partial charge in [0.25, 0.3) is 0 Å². The maximum Gasteiger partial charge on any atom is 0.244 e. The van der Waals surface area contributed by atoms with Crippen LogP contribution in [0.3, 0.4) is 0 Å². The molecule has 1 saturated heterocycles. The van der Waals surface area contributed by atoms with Crippen LogP contribution in [0.2, 0.25) is 0 Å². The maximum absolute atomic E-state index is 12.8. The van der Waals surface area contributed by atoms with Crippen LogP contribution in [0.5, 0.6) is 5.75 Å². The summed E-state index contributed by atoms with van der Waals surface area (Å²) in [6.45, 7) is 2.86. The fraction of sp³-hybridized carbons (Fsp3) is 0.474. The molecule has 0 unspecified atom stereocenters. The summed E-state index contributed by atoms with van der Waals surface area (Å²) in [5.74, 6) is 0.896. The van der Waals surface area contributed by atoms with E-state index in [0.717, 1.165) is 49.9 Å². The molecule has 6 nitrogen and oxygen atoms in total. The van der Waals surface area contributed by atoms with Gasteiger partial charge in [0.05, 0.1) is 5.69 Å². The van der Waals surface area contributed by atoms with Gasteiger partial charge in [-0.05, 0) is 56.7 Å². The van der Waals surface area contributed by atoms with E-state index in [1.807, 2.05) is 24.0 Å². The van der Waals surface area contributed by atoms with Crippen LogP contribution < -0.4 is 5.73 Å². The molecule has 1 aliphatic heterocycles. The van der Waals surface area contributed by atoms with Crippen molar-refractivity contribution in [2.75, 3.05) is 12.3 Å². The summed E-state index contributed by atoms with van der Waals surface area (Å²) in [5, 5.41) is 13.9. The number of carbonyl (C=O) groups excluding carboxylic acids is 1. The molecule has 1 atom stereocenters. The van der Waals surface area contributed by atoms with Crippen molar-refractivity contribution >= 4 is 11.7 Å². The van der Waals surface area contributed by atoms with Crippen LogP contribution in [0.25, 0.3) is 0 Å². The zero-order valence-electron chi connectivity index (χ0n) is 14.7. The van der Waals surface area contributed by atoms with Gasteiger partial charge in [-0.25, -0.2) is 4.68 Å². The number of hydrogen-bond donors (Lipinski definition) is 2. The highest BCUT2D eigenvalue weighted by Gasteiger charge is 2.27. The smallest absolute Gasteiger partial charge is 0.244 e. The maximum atomic E-state index is 12.8. The van der Waals surface area contributed by atoms with Gasteiger partial charge in [-0.3, -0.25) is 4.79 Å². The van der Waals surface area contributed by atoms with Gasteiger partial charge in [0, 0.05) is 18.7 Å². The first kappa shape index (κ1) is 17.3. The van der Waals surface area contributed by atoms with Crippen LogP contribution in [-0.4, -0.2) is 38.3 Å². The standard InChI is InChI=1S/C19H26N4O2/c1-14-11-18(20)23(21-14)13-19(25)22-10-3-2-6-16(22)9-8-15-5-4-7-17(24)12-15/h4-5,7,11-12,16,24H,2-3,6,8-10,13,20H2,1H3/t16-/m1/s1. The Morgan fingerprint density at radius 1 is 1.36 bits per heavy atom. The van der Waals surface area contributed by atoms with Gasteiger partial charge in [-0.15, -0.1) is 0 Å². The van der Waals surface area contributed by atoms with Crippen LogP contribution in [0.1, 0.15) is 36.9 Å². The molecule has 1 amide bonds. The fourth-order valence-corrected chi connectivity index (χ4v) is 3.59. The lowest BCUT2D eigenvalue weighted by Crippen LogP contribution is -2.45. The summed E-state index contributed by atoms with van der Waals surface area (Å²) >= 11 is 0. The average Bonchev–Trinajstić information content (AvgIpc) is 2.90. The first-order chi connectivity index (χ1) is 12.0. The Labute approximate surface area is 148 Å². The Morgan fingerprint density at radius 3 is 2.92 bits per heavy atom. The summed E-state index contributed by atoms with van der Waals surface area (Å²) in [4.78, 5) is 14.8. The van der Waals surface area contributed by atoms with Crippen molar-refractivity contribution in [3.05, 3.63) is 41.6 Å². The zero-order valence-corrected chi connectivity index (χ0v) is 14.7. The number of carbonyl (C=O) groups is 1. The Balaban J connectivity index is 1.63. The quantitative estimate of drug-likeness (QED) is 0.874. The number of phenolic OH excluding ortho intramolecular Hbond substituents is 1. The van der Waals surface area contributed by atoms with Gasteiger partial charge in [0.2, 0.25) is 5.91 Å². The number of aromatic hydroxyl groups is 1. The minimum absolute atomic E-state index is 0.0791. The number of nitrogen functional groups attached to an aromatic ring is 1. The van der Waals surface area contributed by atoms with Crippen molar-refractivity contribution in [2.24, 2.45) is 0 Å². The van der Waals surface area contributed by atoms with Crippen LogP contribution >= 0.6 is 0 Å². The van der Waals surface area contributed by atoms with Gasteiger partial charge in [0.15, 0.2) is 0 Å². The molecular formula is C19H26N4O2. The fourth-order valence-electron chi connectivity index (χ4n) is 3.59.